The molecule has 0 bridgehead atoms. The van der Waals surface area contributed by atoms with Crippen LogP contribution in [0.1, 0.15) is 19.3 Å². The van der Waals surface area contributed by atoms with E-state index >= 15 is 0 Å². The Morgan fingerprint density at radius 2 is 2.07 bits per heavy atom. The van der Waals surface area contributed by atoms with Crippen molar-refractivity contribution in [1.82, 2.24) is 36.2 Å². The highest BCUT2D eigenvalue weighted by atomic mass is 19.1. The number of carbonyl (C=O) groups excluding carboxylic acids is 2. The number of hydrogen-bond donors (Lipinski definition) is 5. The van der Waals surface area contributed by atoms with Crippen LogP contribution >= 0.6 is 0 Å². The molecule has 10 nitrogen and oxygen atoms in total. The smallest absolute Gasteiger partial charge is 0.229 e. The second-order valence-corrected chi connectivity index (χ2v) is 9.23. The van der Waals surface area contributed by atoms with Crippen LogP contribution in [0.4, 0.5) is 4.39 Å². The third kappa shape index (κ3) is 3.71. The van der Waals surface area contributed by atoms with Gasteiger partial charge < -0.3 is 21.3 Å². The molecule has 0 saturated carbocycles. The number of piperidine rings is 1. The van der Waals surface area contributed by atoms with Crippen LogP contribution in [0.15, 0.2) is 0 Å². The molecule has 0 aromatic rings. The lowest BCUT2D eigenvalue weighted by Gasteiger charge is -2.46. The van der Waals surface area contributed by atoms with E-state index in [0.717, 1.165) is 39.0 Å². The fraction of sp³-hybridized carbons (Fsp3) is 0.895. The fourth-order valence-corrected chi connectivity index (χ4v) is 5.88. The Hall–Kier alpha value is -1.37. The number of amides is 2. The summed E-state index contributed by atoms with van der Waals surface area (Å²) in [5, 5.41) is 11.5. The zero-order valence-corrected chi connectivity index (χ0v) is 17.2. The summed E-state index contributed by atoms with van der Waals surface area (Å²) in [6.45, 7) is 4.59. The highest BCUT2D eigenvalue weighted by molar-refractivity contribution is 5.81. The van der Waals surface area contributed by atoms with Gasteiger partial charge in [0.15, 0.2) is 0 Å². The summed E-state index contributed by atoms with van der Waals surface area (Å²) >= 11 is 0. The molecule has 7 atom stereocenters. The van der Waals surface area contributed by atoms with E-state index in [1.165, 1.54) is 0 Å². The van der Waals surface area contributed by atoms with Crippen LogP contribution in [0.5, 0.6) is 0 Å². The van der Waals surface area contributed by atoms with Crippen molar-refractivity contribution in [2.24, 2.45) is 11.7 Å². The van der Waals surface area contributed by atoms with Crippen LogP contribution in [0.25, 0.3) is 0 Å². The molecule has 168 valence electrons. The largest absolute Gasteiger partial charge is 0.350 e. The van der Waals surface area contributed by atoms with E-state index in [-0.39, 0.29) is 43.2 Å². The van der Waals surface area contributed by atoms with Crippen molar-refractivity contribution in [3.8, 4) is 0 Å². The molecule has 0 radical (unpaired) electrons. The number of hydrazine groups is 1. The maximum atomic E-state index is 13.7. The average Bonchev–Trinajstić information content (AvgIpc) is 3.26. The van der Waals surface area contributed by atoms with E-state index in [1.807, 2.05) is 4.90 Å². The normalized spacial score (nSPS) is 42.8. The molecule has 30 heavy (non-hydrogen) atoms. The minimum atomic E-state index is -0.976. The zero-order chi connectivity index (χ0) is 20.8. The summed E-state index contributed by atoms with van der Waals surface area (Å²) < 4.78 is 13.7. The molecule has 11 heteroatoms. The van der Waals surface area contributed by atoms with Gasteiger partial charge in [-0.25, -0.2) is 14.8 Å². The third-order valence-corrected chi connectivity index (χ3v) is 7.39. The lowest BCUT2D eigenvalue weighted by Crippen LogP contribution is -2.65. The summed E-state index contributed by atoms with van der Waals surface area (Å²) in [5.74, 6) is -0.303. The molecule has 6 unspecified atom stereocenters. The van der Waals surface area contributed by atoms with Gasteiger partial charge in [0.25, 0.3) is 0 Å². The first-order valence-electron chi connectivity index (χ1n) is 11.2. The predicted octanol–water partition coefficient (Wildman–Crippen LogP) is -2.87. The van der Waals surface area contributed by atoms with Crippen LogP contribution in [0.3, 0.4) is 0 Å². The number of nitrogens with two attached hydrogens (primary N) is 1. The van der Waals surface area contributed by atoms with Gasteiger partial charge in [-0.3, -0.25) is 19.8 Å². The van der Waals surface area contributed by atoms with E-state index in [0.29, 0.717) is 19.0 Å². The minimum absolute atomic E-state index is 0.0198. The molecule has 5 heterocycles. The topological polar surface area (TPSA) is 118 Å². The molecule has 0 aromatic heterocycles. The summed E-state index contributed by atoms with van der Waals surface area (Å²) in [6.07, 6.45) is 0.723. The highest BCUT2D eigenvalue weighted by Crippen LogP contribution is 2.27. The van der Waals surface area contributed by atoms with E-state index in [1.54, 1.807) is 5.01 Å². The lowest BCUT2D eigenvalue weighted by molar-refractivity contribution is -0.131. The van der Waals surface area contributed by atoms with Crippen molar-refractivity contribution in [3.63, 3.8) is 0 Å². The summed E-state index contributed by atoms with van der Waals surface area (Å²) in [4.78, 5) is 29.7. The minimum Gasteiger partial charge on any atom is -0.350 e. The van der Waals surface area contributed by atoms with Crippen molar-refractivity contribution < 1.29 is 14.0 Å². The number of nitrogens with one attached hydrogen (secondary N) is 4. The monoisotopic (exact) mass is 424 g/mol. The van der Waals surface area contributed by atoms with Gasteiger partial charge in [-0.2, -0.15) is 0 Å². The van der Waals surface area contributed by atoms with Gasteiger partial charge in [0.2, 0.25) is 11.8 Å². The van der Waals surface area contributed by atoms with E-state index in [2.05, 4.69) is 26.3 Å². The van der Waals surface area contributed by atoms with Gasteiger partial charge >= 0.3 is 0 Å². The molecule has 5 aliphatic heterocycles. The molecule has 0 aromatic carbocycles. The van der Waals surface area contributed by atoms with Gasteiger partial charge in [0.1, 0.15) is 6.17 Å². The van der Waals surface area contributed by atoms with Gasteiger partial charge in [0.05, 0.1) is 24.3 Å². The molecular weight excluding hydrogens is 391 g/mol. The number of halogens is 1. The molecule has 5 fully saturated rings. The van der Waals surface area contributed by atoms with E-state index < -0.39 is 18.3 Å². The number of hydrogen-bond acceptors (Lipinski definition) is 8. The molecule has 0 aliphatic carbocycles. The maximum Gasteiger partial charge on any atom is 0.229 e. The molecule has 5 rings (SSSR count). The van der Waals surface area contributed by atoms with Crippen LogP contribution in [0, 0.1) is 5.92 Å². The van der Waals surface area contributed by atoms with Crippen molar-refractivity contribution in [3.05, 3.63) is 0 Å². The number of nitrogens with zero attached hydrogens (tertiary/aromatic N) is 3. The SMILES string of the molecule is NC1NN2CC(F)CNC2C1C(=O)NC1CNCCC1N1CCN2C(=O)CC[C@H]2C1. The Balaban J connectivity index is 1.24. The van der Waals surface area contributed by atoms with Crippen molar-refractivity contribution in [2.45, 2.75) is 55.9 Å². The number of piperazine rings is 1. The Morgan fingerprint density at radius 3 is 2.93 bits per heavy atom. The van der Waals surface area contributed by atoms with Gasteiger partial charge in [0, 0.05) is 57.8 Å². The van der Waals surface area contributed by atoms with Gasteiger partial charge in [-0.1, -0.05) is 0 Å². The van der Waals surface area contributed by atoms with Crippen molar-refractivity contribution >= 4 is 11.8 Å². The Bertz CT molecular complexity index is 683. The van der Waals surface area contributed by atoms with Crippen LogP contribution in [-0.2, 0) is 9.59 Å². The predicted molar refractivity (Wildman–Crippen MR) is 108 cm³/mol. The van der Waals surface area contributed by atoms with Gasteiger partial charge in [-0.05, 0) is 19.4 Å². The fourth-order valence-electron chi connectivity index (χ4n) is 5.88. The Morgan fingerprint density at radius 1 is 1.20 bits per heavy atom. The van der Waals surface area contributed by atoms with Crippen LogP contribution in [0.2, 0.25) is 0 Å². The van der Waals surface area contributed by atoms with Gasteiger partial charge in [-0.15, -0.1) is 0 Å². The lowest BCUT2D eigenvalue weighted by atomic mass is 9.95. The quantitative estimate of drug-likeness (QED) is 0.328. The Labute approximate surface area is 176 Å². The molecular formula is C19H33FN8O2. The first kappa shape index (κ1) is 20.5. The molecule has 5 aliphatic rings. The van der Waals surface area contributed by atoms with Crippen molar-refractivity contribution in [2.75, 3.05) is 45.8 Å². The zero-order valence-electron chi connectivity index (χ0n) is 17.2. The molecule has 0 spiro atoms. The number of carbonyl (C=O) groups is 2. The highest BCUT2D eigenvalue weighted by Gasteiger charge is 2.48. The standard InChI is InChI=1S/C19H33FN8O2/c20-11-7-23-18-16(17(21)25-28(18)9-11)19(30)24-13-8-22-4-3-14(13)26-5-6-27-12(10-26)1-2-15(27)29/h11-14,16-18,22-23,25H,1-10,21H2,(H,24,30)/t11?,12-,13?,14?,16?,17?,18?/m0/s1. The third-order valence-electron chi connectivity index (χ3n) is 7.39. The summed E-state index contributed by atoms with van der Waals surface area (Å²) in [6, 6.07) is 0.525. The Kier molecular flexibility index (Phi) is 5.67. The van der Waals surface area contributed by atoms with Crippen LogP contribution < -0.4 is 27.1 Å². The molecule has 2 amide bonds. The molecule has 5 saturated heterocycles. The number of alkyl halides is 1. The second kappa shape index (κ2) is 8.29. The van der Waals surface area contributed by atoms with E-state index in [4.69, 9.17) is 5.73 Å². The van der Waals surface area contributed by atoms with E-state index in [9.17, 15) is 14.0 Å². The second-order valence-electron chi connectivity index (χ2n) is 9.23. The molecule has 6 N–H and O–H groups in total. The number of rotatable bonds is 3. The summed E-state index contributed by atoms with van der Waals surface area (Å²) in [5.41, 5.74) is 9.24. The first-order chi connectivity index (χ1) is 14.5. The van der Waals surface area contributed by atoms with Crippen molar-refractivity contribution in [1.29, 1.82) is 0 Å². The first-order valence-corrected chi connectivity index (χ1v) is 11.2. The maximum absolute atomic E-state index is 13.7. The van der Waals surface area contributed by atoms with Crippen LogP contribution in [-0.4, -0.2) is 109 Å². The summed E-state index contributed by atoms with van der Waals surface area (Å²) in [7, 11) is 0. The number of fused-ring (bicyclic) bond motifs is 2. The average molecular weight is 425 g/mol.